The van der Waals surface area contributed by atoms with Gasteiger partial charge in [-0.1, -0.05) is 0 Å². The molecular weight excluding hydrogens is 369 g/mol. The normalized spacial score (nSPS) is 10.9. The van der Waals surface area contributed by atoms with E-state index in [2.05, 4.69) is 20.2 Å². The second-order valence-electron chi connectivity index (χ2n) is 5.76. The zero-order valence-electron chi connectivity index (χ0n) is 14.4. The second kappa shape index (κ2) is 6.54. The largest absolute Gasteiger partial charge is 0.478 e. The number of anilines is 2. The molecule has 0 aromatic carbocycles. The lowest BCUT2D eigenvalue weighted by Gasteiger charge is -2.23. The molecule has 4 aromatic rings. The first-order chi connectivity index (χ1) is 13.5. The third-order valence-electron chi connectivity index (χ3n) is 4.07. The van der Waals surface area contributed by atoms with Gasteiger partial charge in [0.15, 0.2) is 5.65 Å². The smallest absolute Gasteiger partial charge is 0.339 e. The van der Waals surface area contributed by atoms with E-state index in [9.17, 15) is 19.1 Å². The number of amides is 1. The lowest BCUT2D eigenvalue weighted by molar-refractivity contribution is 0.0691. The Hall–Kier alpha value is -4.15. The molecule has 1 N–H and O–H groups in total. The SMILES string of the molecule is Cn1ncc(C(=O)O)c1C(=O)N(c1ccnc(F)c1)c1ccn2ncnc2c1. The van der Waals surface area contributed by atoms with Gasteiger partial charge in [-0.05, 0) is 12.1 Å². The van der Waals surface area contributed by atoms with Crippen LogP contribution >= 0.6 is 0 Å². The minimum atomic E-state index is -1.30. The Morgan fingerprint density at radius 2 is 1.93 bits per heavy atom. The second-order valence-corrected chi connectivity index (χ2v) is 5.76. The van der Waals surface area contributed by atoms with Crippen LogP contribution in [0.1, 0.15) is 20.8 Å². The summed E-state index contributed by atoms with van der Waals surface area (Å²) in [6.07, 6.45) is 5.22. The van der Waals surface area contributed by atoms with Crippen molar-refractivity contribution in [1.82, 2.24) is 29.4 Å². The van der Waals surface area contributed by atoms with Crippen LogP contribution in [0.15, 0.2) is 49.2 Å². The Labute approximate surface area is 156 Å². The van der Waals surface area contributed by atoms with Crippen molar-refractivity contribution in [2.24, 2.45) is 7.05 Å². The third kappa shape index (κ3) is 2.84. The maximum Gasteiger partial charge on any atom is 0.339 e. The fraction of sp³-hybridized carbons (Fsp3) is 0.0588. The van der Waals surface area contributed by atoms with Gasteiger partial charge in [-0.2, -0.15) is 14.6 Å². The van der Waals surface area contributed by atoms with Crippen LogP contribution in [-0.4, -0.2) is 46.3 Å². The fourth-order valence-corrected chi connectivity index (χ4v) is 2.81. The van der Waals surface area contributed by atoms with Crippen molar-refractivity contribution >= 4 is 28.9 Å². The number of halogens is 1. The number of nitrogens with zero attached hydrogens (tertiary/aromatic N) is 7. The molecule has 0 bridgehead atoms. The van der Waals surface area contributed by atoms with Gasteiger partial charge in [0, 0.05) is 31.6 Å². The molecule has 4 rings (SSSR count). The number of carboxylic acids is 1. The van der Waals surface area contributed by atoms with Crippen molar-refractivity contribution in [2.45, 2.75) is 0 Å². The number of carbonyl (C=O) groups is 2. The molecule has 0 fully saturated rings. The fourth-order valence-electron chi connectivity index (χ4n) is 2.81. The molecule has 0 aliphatic heterocycles. The van der Waals surface area contributed by atoms with Crippen LogP contribution in [-0.2, 0) is 7.05 Å². The highest BCUT2D eigenvalue weighted by Gasteiger charge is 2.29. The molecule has 0 aliphatic rings. The van der Waals surface area contributed by atoms with Crippen LogP contribution in [0.2, 0.25) is 0 Å². The van der Waals surface area contributed by atoms with Crippen LogP contribution < -0.4 is 4.90 Å². The molecule has 0 atom stereocenters. The van der Waals surface area contributed by atoms with E-state index in [1.165, 1.54) is 35.1 Å². The predicted molar refractivity (Wildman–Crippen MR) is 93.8 cm³/mol. The number of rotatable bonds is 4. The predicted octanol–water partition coefficient (Wildman–Crippen LogP) is 1.67. The first-order valence-corrected chi connectivity index (χ1v) is 7.96. The first-order valence-electron chi connectivity index (χ1n) is 7.96. The molecule has 1 amide bonds. The molecule has 0 saturated carbocycles. The van der Waals surface area contributed by atoms with Crippen molar-refractivity contribution in [3.8, 4) is 0 Å². The zero-order valence-corrected chi connectivity index (χ0v) is 14.4. The van der Waals surface area contributed by atoms with Crippen LogP contribution in [0.4, 0.5) is 15.8 Å². The van der Waals surface area contributed by atoms with Gasteiger partial charge in [-0.25, -0.2) is 19.3 Å². The van der Waals surface area contributed by atoms with Gasteiger partial charge in [-0.3, -0.25) is 14.4 Å². The molecule has 0 aliphatic carbocycles. The van der Waals surface area contributed by atoms with Gasteiger partial charge in [0.05, 0.1) is 17.6 Å². The topological polar surface area (TPSA) is 119 Å². The highest BCUT2D eigenvalue weighted by Crippen LogP contribution is 2.29. The van der Waals surface area contributed by atoms with Crippen LogP contribution in [0.3, 0.4) is 0 Å². The van der Waals surface area contributed by atoms with E-state index < -0.39 is 17.8 Å². The van der Waals surface area contributed by atoms with Crippen molar-refractivity contribution in [2.75, 3.05) is 4.90 Å². The summed E-state index contributed by atoms with van der Waals surface area (Å²) in [7, 11) is 1.45. The Balaban J connectivity index is 1.92. The number of pyridine rings is 2. The van der Waals surface area contributed by atoms with Crippen molar-refractivity contribution < 1.29 is 19.1 Å². The summed E-state index contributed by atoms with van der Waals surface area (Å²) in [5.41, 5.74) is 0.530. The standard InChI is InChI=1S/C17H12FN7O3/c1-23-15(12(8-21-23)17(27)28)16(26)25(10-2-4-19-13(18)6-10)11-3-5-24-14(7-11)20-9-22-24/h2-9H,1H3,(H,27,28). The summed E-state index contributed by atoms with van der Waals surface area (Å²) in [5, 5.41) is 17.2. The van der Waals surface area contributed by atoms with Gasteiger partial charge in [0.2, 0.25) is 5.95 Å². The summed E-state index contributed by atoms with van der Waals surface area (Å²) in [4.78, 5) is 33.6. The molecule has 10 nitrogen and oxygen atoms in total. The van der Waals surface area contributed by atoms with Gasteiger partial charge < -0.3 is 5.11 Å². The van der Waals surface area contributed by atoms with Crippen molar-refractivity contribution in [1.29, 1.82) is 0 Å². The maximum absolute atomic E-state index is 13.8. The minimum absolute atomic E-state index is 0.161. The quantitative estimate of drug-likeness (QED) is 0.534. The van der Waals surface area contributed by atoms with E-state index in [-0.39, 0.29) is 16.9 Å². The zero-order chi connectivity index (χ0) is 19.8. The van der Waals surface area contributed by atoms with Crippen molar-refractivity contribution in [3.63, 3.8) is 0 Å². The molecular formula is C17H12FN7O3. The summed E-state index contributed by atoms with van der Waals surface area (Å²) < 4.78 is 16.4. The lowest BCUT2D eigenvalue weighted by atomic mass is 10.2. The molecule has 0 saturated heterocycles. The molecule has 11 heteroatoms. The van der Waals surface area contributed by atoms with E-state index in [4.69, 9.17) is 0 Å². The number of aromatic nitrogens is 6. The highest BCUT2D eigenvalue weighted by atomic mass is 19.1. The highest BCUT2D eigenvalue weighted by molar-refractivity contribution is 6.14. The number of carbonyl (C=O) groups excluding carboxylic acids is 1. The van der Waals surface area contributed by atoms with E-state index in [1.54, 1.807) is 18.3 Å². The van der Waals surface area contributed by atoms with Crippen molar-refractivity contribution in [3.05, 3.63) is 66.4 Å². The Kier molecular flexibility index (Phi) is 4.03. The van der Waals surface area contributed by atoms with E-state index >= 15 is 0 Å². The van der Waals surface area contributed by atoms with Crippen LogP contribution in [0.25, 0.3) is 5.65 Å². The van der Waals surface area contributed by atoms with Gasteiger partial charge >= 0.3 is 5.97 Å². The van der Waals surface area contributed by atoms with E-state index in [0.717, 1.165) is 16.9 Å². The minimum Gasteiger partial charge on any atom is -0.478 e. The molecule has 4 aromatic heterocycles. The van der Waals surface area contributed by atoms with Gasteiger partial charge in [0.1, 0.15) is 17.6 Å². The van der Waals surface area contributed by atoms with E-state index in [0.29, 0.717) is 11.3 Å². The Morgan fingerprint density at radius 1 is 1.14 bits per heavy atom. The van der Waals surface area contributed by atoms with Crippen LogP contribution in [0.5, 0.6) is 0 Å². The number of aromatic carboxylic acids is 1. The van der Waals surface area contributed by atoms with Crippen LogP contribution in [0, 0.1) is 5.95 Å². The number of carboxylic acid groups (broad SMARTS) is 1. The molecule has 4 heterocycles. The Bertz CT molecular complexity index is 1220. The monoisotopic (exact) mass is 381 g/mol. The molecule has 140 valence electrons. The number of hydrogen-bond acceptors (Lipinski definition) is 6. The summed E-state index contributed by atoms with van der Waals surface area (Å²) in [6.45, 7) is 0. The number of hydrogen-bond donors (Lipinski definition) is 1. The summed E-state index contributed by atoms with van der Waals surface area (Å²) in [6, 6.07) is 5.66. The molecule has 0 radical (unpaired) electrons. The summed E-state index contributed by atoms with van der Waals surface area (Å²) in [5.74, 6) is -2.79. The average molecular weight is 381 g/mol. The van der Waals surface area contributed by atoms with Gasteiger partial charge in [-0.15, -0.1) is 0 Å². The molecule has 0 spiro atoms. The maximum atomic E-state index is 13.8. The summed E-state index contributed by atoms with van der Waals surface area (Å²) >= 11 is 0. The molecule has 0 unspecified atom stereocenters. The number of fused-ring (bicyclic) bond motifs is 1. The average Bonchev–Trinajstić information content (AvgIpc) is 3.27. The molecule has 28 heavy (non-hydrogen) atoms. The lowest BCUT2D eigenvalue weighted by Crippen LogP contribution is -2.29. The van der Waals surface area contributed by atoms with Gasteiger partial charge in [0.25, 0.3) is 5.91 Å². The van der Waals surface area contributed by atoms with E-state index in [1.807, 2.05) is 0 Å². The Morgan fingerprint density at radius 3 is 2.68 bits per heavy atom. The first kappa shape index (κ1) is 17.3. The third-order valence-corrected chi connectivity index (χ3v) is 4.07. The number of aryl methyl sites for hydroxylation is 1.